The number of nitrogens with two attached hydrogens (primary N) is 1. The summed E-state index contributed by atoms with van der Waals surface area (Å²) in [5.74, 6) is -0.283. The molecule has 0 spiro atoms. The van der Waals surface area contributed by atoms with Crippen molar-refractivity contribution in [3.05, 3.63) is 35.4 Å². The molecule has 0 aliphatic carbocycles. The summed E-state index contributed by atoms with van der Waals surface area (Å²) >= 11 is 0. The number of rotatable bonds is 8. The molecule has 4 nitrogen and oxygen atoms in total. The van der Waals surface area contributed by atoms with Gasteiger partial charge in [-0.25, -0.2) is 0 Å². The molecular weight excluding hydrogens is 254 g/mol. The van der Waals surface area contributed by atoms with E-state index in [9.17, 15) is 4.79 Å². The molecule has 0 aliphatic rings. The lowest BCUT2D eigenvalue weighted by Crippen LogP contribution is -2.44. The SMILES string of the molecule is COC(=O)C(CN)(CCCCCO)c1cccc(C)c1. The second kappa shape index (κ2) is 8.02. The number of benzene rings is 1. The van der Waals surface area contributed by atoms with E-state index < -0.39 is 5.41 Å². The summed E-state index contributed by atoms with van der Waals surface area (Å²) in [6.45, 7) is 2.40. The molecule has 112 valence electrons. The van der Waals surface area contributed by atoms with Crippen LogP contribution in [0.15, 0.2) is 24.3 Å². The summed E-state index contributed by atoms with van der Waals surface area (Å²) in [7, 11) is 1.40. The minimum Gasteiger partial charge on any atom is -0.468 e. The maximum atomic E-state index is 12.3. The number of unbranched alkanes of at least 4 members (excludes halogenated alkanes) is 2. The fourth-order valence-electron chi connectivity index (χ4n) is 2.52. The molecule has 3 N–H and O–H groups in total. The maximum absolute atomic E-state index is 12.3. The lowest BCUT2D eigenvalue weighted by atomic mass is 9.75. The van der Waals surface area contributed by atoms with Crippen LogP contribution in [0.2, 0.25) is 0 Å². The van der Waals surface area contributed by atoms with Gasteiger partial charge in [0, 0.05) is 13.2 Å². The van der Waals surface area contributed by atoms with Gasteiger partial charge in [-0.3, -0.25) is 4.79 Å². The van der Waals surface area contributed by atoms with Crippen molar-refractivity contribution in [1.29, 1.82) is 0 Å². The molecule has 1 unspecified atom stereocenters. The zero-order valence-corrected chi connectivity index (χ0v) is 12.4. The van der Waals surface area contributed by atoms with Crippen molar-refractivity contribution < 1.29 is 14.6 Å². The highest BCUT2D eigenvalue weighted by molar-refractivity contribution is 5.83. The molecular formula is C16H25NO3. The van der Waals surface area contributed by atoms with Crippen LogP contribution >= 0.6 is 0 Å². The smallest absolute Gasteiger partial charge is 0.317 e. The van der Waals surface area contributed by atoms with Crippen molar-refractivity contribution >= 4 is 5.97 Å². The van der Waals surface area contributed by atoms with Crippen molar-refractivity contribution in [2.75, 3.05) is 20.3 Å². The Balaban J connectivity index is 3.02. The number of ether oxygens (including phenoxy) is 1. The lowest BCUT2D eigenvalue weighted by Gasteiger charge is -2.30. The molecule has 0 fully saturated rings. The van der Waals surface area contributed by atoms with Gasteiger partial charge in [0.05, 0.1) is 7.11 Å². The quantitative estimate of drug-likeness (QED) is 0.563. The number of aliphatic hydroxyl groups excluding tert-OH is 1. The Hall–Kier alpha value is -1.39. The molecule has 0 heterocycles. The van der Waals surface area contributed by atoms with Crippen molar-refractivity contribution in [1.82, 2.24) is 0 Å². The van der Waals surface area contributed by atoms with Crippen LogP contribution in [-0.4, -0.2) is 31.3 Å². The Bertz CT molecular complexity index is 433. The van der Waals surface area contributed by atoms with Crippen LogP contribution in [0.4, 0.5) is 0 Å². The predicted octanol–water partition coefficient (Wildman–Crippen LogP) is 1.92. The number of aryl methyl sites for hydroxylation is 1. The topological polar surface area (TPSA) is 72.5 Å². The Labute approximate surface area is 120 Å². The number of carbonyl (C=O) groups excluding carboxylic acids is 1. The standard InChI is InChI=1S/C16H25NO3/c1-13-7-6-8-14(11-13)16(12-17,15(19)20-2)9-4-3-5-10-18/h6-8,11,18H,3-5,9-10,12,17H2,1-2H3. The van der Waals surface area contributed by atoms with Crippen molar-refractivity contribution in [2.24, 2.45) is 5.73 Å². The van der Waals surface area contributed by atoms with Crippen LogP contribution in [0.25, 0.3) is 0 Å². The summed E-state index contributed by atoms with van der Waals surface area (Å²) in [4.78, 5) is 12.3. The van der Waals surface area contributed by atoms with Crippen LogP contribution in [0, 0.1) is 6.92 Å². The van der Waals surface area contributed by atoms with Gasteiger partial charge in [-0.15, -0.1) is 0 Å². The van der Waals surface area contributed by atoms with E-state index in [1.165, 1.54) is 7.11 Å². The van der Waals surface area contributed by atoms with Gasteiger partial charge < -0.3 is 15.6 Å². The number of carbonyl (C=O) groups is 1. The second-order valence-corrected chi connectivity index (χ2v) is 5.18. The summed E-state index contributed by atoms with van der Waals surface area (Å²) < 4.78 is 4.99. The predicted molar refractivity (Wildman–Crippen MR) is 79.5 cm³/mol. The highest BCUT2D eigenvalue weighted by Gasteiger charge is 2.39. The Morgan fingerprint density at radius 2 is 2.10 bits per heavy atom. The van der Waals surface area contributed by atoms with E-state index in [1.807, 2.05) is 31.2 Å². The van der Waals surface area contributed by atoms with Gasteiger partial charge in [0.1, 0.15) is 5.41 Å². The average Bonchev–Trinajstić information content (AvgIpc) is 2.47. The van der Waals surface area contributed by atoms with Gasteiger partial charge in [-0.05, 0) is 25.3 Å². The summed E-state index contributed by atoms with van der Waals surface area (Å²) in [6.07, 6.45) is 3.09. The molecule has 4 heteroatoms. The first kappa shape index (κ1) is 16.7. The third kappa shape index (κ3) is 3.81. The van der Waals surface area contributed by atoms with Gasteiger partial charge >= 0.3 is 5.97 Å². The second-order valence-electron chi connectivity index (χ2n) is 5.18. The van der Waals surface area contributed by atoms with Crippen LogP contribution in [-0.2, 0) is 14.9 Å². The maximum Gasteiger partial charge on any atom is 0.317 e. The summed E-state index contributed by atoms with van der Waals surface area (Å²) in [5.41, 5.74) is 7.16. The van der Waals surface area contributed by atoms with E-state index >= 15 is 0 Å². The fraction of sp³-hybridized carbons (Fsp3) is 0.562. The molecule has 0 amide bonds. The fourth-order valence-corrected chi connectivity index (χ4v) is 2.52. The first-order valence-corrected chi connectivity index (χ1v) is 7.07. The highest BCUT2D eigenvalue weighted by Crippen LogP contribution is 2.31. The Morgan fingerprint density at radius 3 is 2.65 bits per heavy atom. The van der Waals surface area contributed by atoms with Gasteiger partial charge in [-0.1, -0.05) is 42.7 Å². The largest absolute Gasteiger partial charge is 0.468 e. The van der Waals surface area contributed by atoms with Gasteiger partial charge in [0.25, 0.3) is 0 Å². The van der Waals surface area contributed by atoms with E-state index in [0.29, 0.717) is 6.42 Å². The van der Waals surface area contributed by atoms with E-state index in [2.05, 4.69) is 0 Å². The normalized spacial score (nSPS) is 13.8. The van der Waals surface area contributed by atoms with Crippen LogP contribution in [0.3, 0.4) is 0 Å². The Kier molecular flexibility index (Phi) is 6.68. The number of hydrogen-bond donors (Lipinski definition) is 2. The zero-order chi connectivity index (χ0) is 15.0. The zero-order valence-electron chi connectivity index (χ0n) is 12.4. The van der Waals surface area contributed by atoms with Crippen molar-refractivity contribution in [2.45, 2.75) is 38.0 Å². The van der Waals surface area contributed by atoms with Crippen LogP contribution in [0.5, 0.6) is 0 Å². The number of aliphatic hydroxyl groups is 1. The van der Waals surface area contributed by atoms with Crippen LogP contribution in [0.1, 0.15) is 36.8 Å². The molecule has 20 heavy (non-hydrogen) atoms. The molecule has 0 bridgehead atoms. The highest BCUT2D eigenvalue weighted by atomic mass is 16.5. The molecule has 1 rings (SSSR count). The first-order valence-electron chi connectivity index (χ1n) is 7.07. The summed E-state index contributed by atoms with van der Waals surface area (Å²) in [5, 5.41) is 8.85. The van der Waals surface area contributed by atoms with E-state index in [0.717, 1.165) is 30.4 Å². The van der Waals surface area contributed by atoms with Crippen LogP contribution < -0.4 is 5.73 Å². The van der Waals surface area contributed by atoms with Gasteiger partial charge in [-0.2, -0.15) is 0 Å². The monoisotopic (exact) mass is 279 g/mol. The van der Waals surface area contributed by atoms with Gasteiger partial charge in [0.15, 0.2) is 0 Å². The molecule has 1 aromatic carbocycles. The van der Waals surface area contributed by atoms with E-state index in [1.54, 1.807) is 0 Å². The van der Waals surface area contributed by atoms with Crippen molar-refractivity contribution in [3.8, 4) is 0 Å². The molecule has 1 atom stereocenters. The number of esters is 1. The molecule has 1 aromatic rings. The molecule has 0 saturated heterocycles. The lowest BCUT2D eigenvalue weighted by molar-refractivity contribution is -0.147. The molecule has 0 radical (unpaired) electrons. The Morgan fingerprint density at radius 1 is 1.35 bits per heavy atom. The number of methoxy groups -OCH3 is 1. The average molecular weight is 279 g/mol. The molecule has 0 aromatic heterocycles. The van der Waals surface area contributed by atoms with Crippen molar-refractivity contribution in [3.63, 3.8) is 0 Å². The van der Waals surface area contributed by atoms with E-state index in [-0.39, 0.29) is 19.1 Å². The molecule has 0 aliphatic heterocycles. The number of hydrogen-bond acceptors (Lipinski definition) is 4. The summed E-state index contributed by atoms with van der Waals surface area (Å²) in [6, 6.07) is 7.86. The minimum absolute atomic E-state index is 0.179. The minimum atomic E-state index is -0.782. The molecule has 0 saturated carbocycles. The first-order chi connectivity index (χ1) is 9.60. The third-order valence-electron chi connectivity index (χ3n) is 3.76. The van der Waals surface area contributed by atoms with Gasteiger partial charge in [0.2, 0.25) is 0 Å². The third-order valence-corrected chi connectivity index (χ3v) is 3.76. The van der Waals surface area contributed by atoms with E-state index in [4.69, 9.17) is 15.6 Å².